The van der Waals surface area contributed by atoms with Gasteiger partial charge in [-0.1, -0.05) is 0 Å². The second-order valence-corrected chi connectivity index (χ2v) is 7.87. The van der Waals surface area contributed by atoms with Gasteiger partial charge in [0.05, 0.1) is 18.4 Å². The van der Waals surface area contributed by atoms with E-state index >= 15 is 0 Å². The molecule has 0 N–H and O–H groups in total. The quantitative estimate of drug-likeness (QED) is 0.577. The van der Waals surface area contributed by atoms with E-state index in [9.17, 15) is 22.8 Å². The third kappa shape index (κ3) is 4.90. The summed E-state index contributed by atoms with van der Waals surface area (Å²) in [5, 5.41) is 0. The maximum atomic E-state index is 12.9. The van der Waals surface area contributed by atoms with Gasteiger partial charge < -0.3 is 9.47 Å². The molecular formula is C23H24F3N3O4. The predicted octanol–water partition coefficient (Wildman–Crippen LogP) is 4.16. The average Bonchev–Trinajstić information content (AvgIpc) is 3.41. The number of methoxy groups -OCH3 is 1. The lowest BCUT2D eigenvalue weighted by atomic mass is 10.2. The molecule has 4 rings (SSSR count). The molecule has 176 valence electrons. The summed E-state index contributed by atoms with van der Waals surface area (Å²) in [6.45, 7) is 3.21. The highest BCUT2D eigenvalue weighted by molar-refractivity contribution is 6.27. The minimum absolute atomic E-state index is 0.0781. The Morgan fingerprint density at radius 2 is 1.61 bits per heavy atom. The molecule has 0 unspecified atom stereocenters. The number of urea groups is 1. The molecule has 0 saturated carbocycles. The average molecular weight is 463 g/mol. The fourth-order valence-corrected chi connectivity index (χ4v) is 3.99. The van der Waals surface area contributed by atoms with E-state index in [1.807, 2.05) is 0 Å². The van der Waals surface area contributed by atoms with Gasteiger partial charge in [0, 0.05) is 18.3 Å². The number of nitrogens with zero attached hydrogens (tertiary/aromatic N) is 3. The number of rotatable bonds is 7. The van der Waals surface area contributed by atoms with Gasteiger partial charge in [-0.2, -0.15) is 13.2 Å². The highest BCUT2D eigenvalue weighted by atomic mass is 19.4. The summed E-state index contributed by atoms with van der Waals surface area (Å²) in [5.74, 6) is 0.407. The summed E-state index contributed by atoms with van der Waals surface area (Å²) in [5.41, 5.74) is -0.354. The Labute approximate surface area is 189 Å². The number of amides is 3. The lowest BCUT2D eigenvalue weighted by Gasteiger charge is -2.20. The lowest BCUT2D eigenvalue weighted by Crippen LogP contribution is -2.33. The van der Waals surface area contributed by atoms with Crippen LogP contribution in [0.5, 0.6) is 11.5 Å². The molecule has 7 nitrogen and oxygen atoms in total. The SMILES string of the molecule is COc1cc(N2CC(=O)N(c3ccc(C(F)(F)F)cc3)C2=O)ccc1OCCN1CCCC1. The Morgan fingerprint density at radius 1 is 0.939 bits per heavy atom. The third-order valence-corrected chi connectivity index (χ3v) is 5.74. The van der Waals surface area contributed by atoms with E-state index in [0.29, 0.717) is 23.8 Å². The molecule has 0 radical (unpaired) electrons. The first kappa shape index (κ1) is 22.9. The van der Waals surface area contributed by atoms with E-state index in [0.717, 1.165) is 48.8 Å². The number of hydrogen-bond acceptors (Lipinski definition) is 5. The van der Waals surface area contributed by atoms with Gasteiger partial charge in [0.25, 0.3) is 5.91 Å². The highest BCUT2D eigenvalue weighted by Gasteiger charge is 2.39. The molecule has 0 aromatic heterocycles. The zero-order chi connectivity index (χ0) is 23.6. The van der Waals surface area contributed by atoms with Gasteiger partial charge in [0.2, 0.25) is 0 Å². The Hall–Kier alpha value is -3.27. The van der Waals surface area contributed by atoms with Crippen molar-refractivity contribution >= 4 is 23.3 Å². The van der Waals surface area contributed by atoms with E-state index in [-0.39, 0.29) is 12.2 Å². The van der Waals surface area contributed by atoms with Gasteiger partial charge in [0.15, 0.2) is 11.5 Å². The van der Waals surface area contributed by atoms with Gasteiger partial charge in [-0.25, -0.2) is 9.69 Å². The monoisotopic (exact) mass is 463 g/mol. The number of likely N-dealkylation sites (tertiary alicyclic amines) is 1. The molecule has 2 fully saturated rings. The van der Waals surface area contributed by atoms with Crippen molar-refractivity contribution in [1.82, 2.24) is 4.90 Å². The van der Waals surface area contributed by atoms with E-state index in [1.54, 1.807) is 18.2 Å². The Morgan fingerprint density at radius 3 is 2.24 bits per heavy atom. The smallest absolute Gasteiger partial charge is 0.416 e. The molecule has 0 bridgehead atoms. The zero-order valence-electron chi connectivity index (χ0n) is 18.1. The van der Waals surface area contributed by atoms with Gasteiger partial charge in [-0.15, -0.1) is 0 Å². The second kappa shape index (κ2) is 9.30. The number of carbonyl (C=O) groups is 2. The lowest BCUT2D eigenvalue weighted by molar-refractivity contribution is -0.137. The van der Waals surface area contributed by atoms with Crippen LogP contribution in [0.1, 0.15) is 18.4 Å². The predicted molar refractivity (Wildman–Crippen MR) is 116 cm³/mol. The summed E-state index contributed by atoms with van der Waals surface area (Å²) in [6, 6.07) is 8.19. The number of alkyl halides is 3. The molecule has 2 aliphatic rings. The largest absolute Gasteiger partial charge is 0.493 e. The van der Waals surface area contributed by atoms with Crippen LogP contribution in [-0.2, 0) is 11.0 Å². The molecule has 0 aliphatic carbocycles. The van der Waals surface area contributed by atoms with Crippen LogP contribution < -0.4 is 19.3 Å². The van der Waals surface area contributed by atoms with Crippen molar-refractivity contribution in [1.29, 1.82) is 0 Å². The molecule has 0 atom stereocenters. The number of halogens is 3. The molecule has 2 aromatic carbocycles. The van der Waals surface area contributed by atoms with Crippen LogP contribution in [0.25, 0.3) is 0 Å². The van der Waals surface area contributed by atoms with E-state index in [2.05, 4.69) is 4.90 Å². The van der Waals surface area contributed by atoms with E-state index in [4.69, 9.17) is 9.47 Å². The summed E-state index contributed by atoms with van der Waals surface area (Å²) >= 11 is 0. The summed E-state index contributed by atoms with van der Waals surface area (Å²) in [6.07, 6.45) is -2.10. The third-order valence-electron chi connectivity index (χ3n) is 5.74. The van der Waals surface area contributed by atoms with Gasteiger partial charge in [0.1, 0.15) is 13.2 Å². The Bertz CT molecular complexity index is 1020. The van der Waals surface area contributed by atoms with Gasteiger partial charge in [-0.3, -0.25) is 14.6 Å². The zero-order valence-corrected chi connectivity index (χ0v) is 18.1. The molecule has 10 heteroatoms. The number of anilines is 2. The fraction of sp³-hybridized carbons (Fsp3) is 0.391. The molecular weight excluding hydrogens is 439 g/mol. The van der Waals surface area contributed by atoms with Crippen LogP contribution in [0.15, 0.2) is 42.5 Å². The standard InChI is InChI=1S/C23H24F3N3O4/c1-32-20-14-18(8-9-19(20)33-13-12-27-10-2-3-11-27)28-15-21(30)29(22(28)31)17-6-4-16(5-7-17)23(24,25)26/h4-9,14H,2-3,10-13,15H2,1H3. The maximum Gasteiger partial charge on any atom is 0.416 e. The van der Waals surface area contributed by atoms with Crippen LogP contribution in [-0.4, -0.2) is 56.7 Å². The van der Waals surface area contributed by atoms with Gasteiger partial charge in [-0.05, 0) is 62.3 Å². The fourth-order valence-electron chi connectivity index (χ4n) is 3.99. The first-order valence-corrected chi connectivity index (χ1v) is 10.6. The number of carbonyl (C=O) groups excluding carboxylic acids is 2. The van der Waals surface area contributed by atoms with Crippen LogP contribution in [0.2, 0.25) is 0 Å². The minimum atomic E-state index is -4.50. The van der Waals surface area contributed by atoms with Crippen molar-refractivity contribution in [2.75, 3.05) is 49.7 Å². The van der Waals surface area contributed by atoms with E-state index in [1.165, 1.54) is 24.9 Å². The number of hydrogen-bond donors (Lipinski definition) is 0. The normalized spacial score (nSPS) is 17.2. The van der Waals surface area contributed by atoms with Crippen molar-refractivity contribution in [2.45, 2.75) is 19.0 Å². The van der Waals surface area contributed by atoms with Crippen molar-refractivity contribution in [3.05, 3.63) is 48.0 Å². The number of imide groups is 1. The summed E-state index contributed by atoms with van der Waals surface area (Å²) in [4.78, 5) is 29.9. The van der Waals surface area contributed by atoms with Crippen molar-refractivity contribution in [2.24, 2.45) is 0 Å². The van der Waals surface area contributed by atoms with Crippen LogP contribution in [0.3, 0.4) is 0 Å². The first-order chi connectivity index (χ1) is 15.8. The molecule has 2 aliphatic heterocycles. The minimum Gasteiger partial charge on any atom is -0.493 e. The summed E-state index contributed by atoms with van der Waals surface area (Å²) in [7, 11) is 1.48. The van der Waals surface area contributed by atoms with Crippen molar-refractivity contribution < 1.29 is 32.2 Å². The van der Waals surface area contributed by atoms with Crippen LogP contribution in [0, 0.1) is 0 Å². The maximum absolute atomic E-state index is 12.9. The van der Waals surface area contributed by atoms with Gasteiger partial charge >= 0.3 is 12.2 Å². The Balaban J connectivity index is 1.47. The second-order valence-electron chi connectivity index (χ2n) is 7.87. The topological polar surface area (TPSA) is 62.3 Å². The molecule has 2 saturated heterocycles. The molecule has 3 amide bonds. The molecule has 33 heavy (non-hydrogen) atoms. The van der Waals surface area contributed by atoms with Crippen molar-refractivity contribution in [3.63, 3.8) is 0 Å². The Kier molecular flexibility index (Phi) is 6.46. The first-order valence-electron chi connectivity index (χ1n) is 10.6. The highest BCUT2D eigenvalue weighted by Crippen LogP contribution is 2.35. The number of ether oxygens (including phenoxy) is 2. The van der Waals surface area contributed by atoms with E-state index < -0.39 is 23.7 Å². The summed E-state index contributed by atoms with van der Waals surface area (Å²) < 4.78 is 49.7. The molecule has 2 heterocycles. The number of benzene rings is 2. The molecule has 0 spiro atoms. The van der Waals surface area contributed by atoms with Crippen LogP contribution in [0.4, 0.5) is 29.3 Å². The van der Waals surface area contributed by atoms with Crippen LogP contribution >= 0.6 is 0 Å². The molecule has 2 aromatic rings. The van der Waals surface area contributed by atoms with Crippen molar-refractivity contribution in [3.8, 4) is 11.5 Å².